The number of thiazole rings is 1. The van der Waals surface area contributed by atoms with Crippen LogP contribution in [0.15, 0.2) is 60.0 Å². The monoisotopic (exact) mass is 619 g/mol. The summed E-state index contributed by atoms with van der Waals surface area (Å²) >= 11 is 1.09. The second kappa shape index (κ2) is 13.8. The number of nitrogens with one attached hydrogen (secondary N) is 2. The standard InChI is InChI=1S/C31H33N5O7S/c1-3-24(37)23-18-44-30(32-23)34-28(39)27(19(2)20-7-5-4-6-8-20)36-29(40)26(33-31(36)41)21-9-11-22(12-10-21)43-17-25(38)35-13-15-42-16-14-35/h4-12,18-19,26-27H,3,13-17H2,1-2H3,(H,33,41)(H,32,34,39)/t19-,26+,27?/m0/s1. The van der Waals surface area contributed by atoms with Crippen LogP contribution in [0.2, 0.25) is 0 Å². The summed E-state index contributed by atoms with van der Waals surface area (Å²) in [5.41, 5.74) is 1.49. The smallest absolute Gasteiger partial charge is 0.325 e. The summed E-state index contributed by atoms with van der Waals surface area (Å²) in [6, 6.07) is 12.7. The van der Waals surface area contributed by atoms with Gasteiger partial charge in [-0.25, -0.2) is 14.7 Å². The van der Waals surface area contributed by atoms with Crippen LogP contribution in [0.5, 0.6) is 5.75 Å². The number of rotatable bonds is 11. The van der Waals surface area contributed by atoms with Crippen LogP contribution in [0.4, 0.5) is 9.93 Å². The molecule has 2 fully saturated rings. The van der Waals surface area contributed by atoms with Gasteiger partial charge in [0.15, 0.2) is 17.5 Å². The number of aromatic nitrogens is 1. The average Bonchev–Trinajstić information content (AvgIpc) is 3.64. The van der Waals surface area contributed by atoms with Crippen molar-refractivity contribution >= 4 is 46.0 Å². The van der Waals surface area contributed by atoms with E-state index in [4.69, 9.17) is 9.47 Å². The van der Waals surface area contributed by atoms with Crippen LogP contribution in [0.3, 0.4) is 0 Å². The maximum Gasteiger partial charge on any atom is 0.325 e. The first kappa shape index (κ1) is 30.8. The summed E-state index contributed by atoms with van der Waals surface area (Å²) in [6.45, 7) is 5.39. The molecule has 0 radical (unpaired) electrons. The molecule has 230 valence electrons. The maximum absolute atomic E-state index is 13.8. The van der Waals surface area contributed by atoms with Gasteiger partial charge in [0.2, 0.25) is 5.91 Å². The number of morpholine rings is 1. The van der Waals surface area contributed by atoms with E-state index in [2.05, 4.69) is 15.6 Å². The first-order valence-electron chi connectivity index (χ1n) is 14.3. The molecule has 1 unspecified atom stereocenters. The summed E-state index contributed by atoms with van der Waals surface area (Å²) in [5.74, 6) is -1.63. The Morgan fingerprint density at radius 3 is 2.48 bits per heavy atom. The first-order valence-corrected chi connectivity index (χ1v) is 15.2. The van der Waals surface area contributed by atoms with E-state index in [1.54, 1.807) is 48.4 Å². The summed E-state index contributed by atoms with van der Waals surface area (Å²) in [7, 11) is 0. The lowest BCUT2D eigenvalue weighted by Crippen LogP contribution is -2.50. The Kier molecular flexibility index (Phi) is 9.65. The SMILES string of the molecule is CCC(=O)c1csc(NC(=O)C([C@@H](C)c2ccccc2)N2C(=O)N[C@H](c3ccc(OCC(=O)N4CCOCC4)cc3)C2=O)n1. The van der Waals surface area contributed by atoms with Gasteiger partial charge in [0.1, 0.15) is 23.5 Å². The van der Waals surface area contributed by atoms with Gasteiger partial charge < -0.3 is 25.0 Å². The number of urea groups is 1. The van der Waals surface area contributed by atoms with Gasteiger partial charge in [-0.3, -0.25) is 19.2 Å². The molecular formula is C31H33N5O7S. The van der Waals surface area contributed by atoms with E-state index in [9.17, 15) is 24.0 Å². The summed E-state index contributed by atoms with van der Waals surface area (Å²) in [5, 5.41) is 7.17. The van der Waals surface area contributed by atoms with Crippen LogP contribution in [-0.2, 0) is 19.1 Å². The highest BCUT2D eigenvalue weighted by Crippen LogP contribution is 2.32. The Morgan fingerprint density at radius 1 is 1.09 bits per heavy atom. The van der Waals surface area contributed by atoms with Crippen LogP contribution in [-0.4, -0.2) is 83.3 Å². The largest absolute Gasteiger partial charge is 0.484 e. The number of hydrogen-bond acceptors (Lipinski definition) is 9. The highest BCUT2D eigenvalue weighted by molar-refractivity contribution is 7.14. The molecule has 0 saturated carbocycles. The van der Waals surface area contributed by atoms with Crippen molar-refractivity contribution in [1.82, 2.24) is 20.1 Å². The molecule has 3 aromatic rings. The zero-order valence-corrected chi connectivity index (χ0v) is 25.2. The van der Waals surface area contributed by atoms with Gasteiger partial charge in [0.25, 0.3) is 11.8 Å². The van der Waals surface area contributed by atoms with E-state index in [1.165, 1.54) is 0 Å². The molecule has 12 nitrogen and oxygen atoms in total. The van der Waals surface area contributed by atoms with Crippen LogP contribution in [0.1, 0.15) is 53.8 Å². The second-order valence-electron chi connectivity index (χ2n) is 10.4. The van der Waals surface area contributed by atoms with E-state index in [0.29, 0.717) is 37.6 Å². The third kappa shape index (κ3) is 6.79. The van der Waals surface area contributed by atoms with Crippen molar-refractivity contribution in [2.75, 3.05) is 38.2 Å². The lowest BCUT2D eigenvalue weighted by atomic mass is 9.91. The van der Waals surface area contributed by atoms with Crippen molar-refractivity contribution in [3.05, 3.63) is 76.8 Å². The number of carbonyl (C=O) groups excluding carboxylic acids is 5. The molecule has 0 spiro atoms. The number of hydrogen-bond donors (Lipinski definition) is 2. The lowest BCUT2D eigenvalue weighted by Gasteiger charge is -2.29. The Balaban J connectivity index is 1.32. The van der Waals surface area contributed by atoms with Crippen molar-refractivity contribution < 1.29 is 33.4 Å². The van der Waals surface area contributed by atoms with Crippen LogP contribution in [0, 0.1) is 0 Å². The molecule has 5 amide bonds. The van der Waals surface area contributed by atoms with Crippen molar-refractivity contribution in [1.29, 1.82) is 0 Å². The molecule has 3 atom stereocenters. The number of Topliss-reactive ketones (excluding diaryl/α,β-unsaturated/α-hetero) is 1. The van der Waals surface area contributed by atoms with E-state index in [0.717, 1.165) is 21.8 Å². The molecule has 44 heavy (non-hydrogen) atoms. The zero-order valence-electron chi connectivity index (χ0n) is 24.4. The topological polar surface area (TPSA) is 147 Å². The van der Waals surface area contributed by atoms with Gasteiger partial charge in [-0.05, 0) is 23.3 Å². The molecule has 0 aliphatic carbocycles. The van der Waals surface area contributed by atoms with E-state index in [-0.39, 0.29) is 35.5 Å². The maximum atomic E-state index is 13.8. The lowest BCUT2D eigenvalue weighted by molar-refractivity contribution is -0.137. The van der Waals surface area contributed by atoms with Crippen molar-refractivity contribution in [3.8, 4) is 5.75 Å². The van der Waals surface area contributed by atoms with Crippen LogP contribution in [0.25, 0.3) is 0 Å². The summed E-state index contributed by atoms with van der Waals surface area (Å²) in [4.78, 5) is 72.1. The number of anilines is 1. The fourth-order valence-electron chi connectivity index (χ4n) is 5.12. The van der Waals surface area contributed by atoms with E-state index >= 15 is 0 Å². The van der Waals surface area contributed by atoms with Gasteiger partial charge in [0, 0.05) is 30.8 Å². The number of carbonyl (C=O) groups is 5. The third-order valence-electron chi connectivity index (χ3n) is 7.60. The van der Waals surface area contributed by atoms with Crippen molar-refractivity contribution in [3.63, 3.8) is 0 Å². The molecule has 0 bridgehead atoms. The van der Waals surface area contributed by atoms with Crippen LogP contribution >= 0.6 is 11.3 Å². The number of amides is 5. The zero-order chi connectivity index (χ0) is 31.2. The molecule has 2 saturated heterocycles. The number of benzene rings is 2. The summed E-state index contributed by atoms with van der Waals surface area (Å²) < 4.78 is 10.9. The fraction of sp³-hybridized carbons (Fsp3) is 0.355. The second-order valence-corrected chi connectivity index (χ2v) is 11.2. The van der Waals surface area contributed by atoms with Gasteiger partial charge in [-0.2, -0.15) is 0 Å². The fourth-order valence-corrected chi connectivity index (χ4v) is 5.83. The van der Waals surface area contributed by atoms with Crippen LogP contribution < -0.4 is 15.4 Å². The summed E-state index contributed by atoms with van der Waals surface area (Å²) in [6.07, 6.45) is 0.272. The van der Waals surface area contributed by atoms with Gasteiger partial charge in [-0.1, -0.05) is 56.3 Å². The minimum absolute atomic E-state index is 0.131. The molecule has 2 aliphatic rings. The molecule has 13 heteroatoms. The van der Waals surface area contributed by atoms with Gasteiger partial charge in [-0.15, -0.1) is 11.3 Å². The Hall–Kier alpha value is -4.62. The number of imide groups is 1. The first-order chi connectivity index (χ1) is 21.3. The molecular weight excluding hydrogens is 586 g/mol. The van der Waals surface area contributed by atoms with E-state index < -0.39 is 35.8 Å². The average molecular weight is 620 g/mol. The highest BCUT2D eigenvalue weighted by Gasteiger charge is 2.47. The predicted octanol–water partition coefficient (Wildman–Crippen LogP) is 3.38. The Morgan fingerprint density at radius 2 is 1.80 bits per heavy atom. The molecule has 2 aromatic carbocycles. The molecule has 1 aromatic heterocycles. The van der Waals surface area contributed by atoms with Gasteiger partial charge in [0.05, 0.1) is 13.2 Å². The number of ether oxygens (including phenoxy) is 2. The molecule has 2 N–H and O–H groups in total. The van der Waals surface area contributed by atoms with Crippen molar-refractivity contribution in [2.24, 2.45) is 0 Å². The number of ketones is 1. The normalized spacial score (nSPS) is 18.0. The predicted molar refractivity (Wildman–Crippen MR) is 161 cm³/mol. The Bertz CT molecular complexity index is 1520. The minimum Gasteiger partial charge on any atom is -0.484 e. The highest BCUT2D eigenvalue weighted by atomic mass is 32.1. The third-order valence-corrected chi connectivity index (χ3v) is 8.36. The van der Waals surface area contributed by atoms with E-state index in [1.807, 2.05) is 30.3 Å². The Labute approximate surface area is 258 Å². The molecule has 5 rings (SSSR count). The quantitative estimate of drug-likeness (QED) is 0.245. The minimum atomic E-state index is -1.21. The molecule has 3 heterocycles. The van der Waals surface area contributed by atoms with Crippen molar-refractivity contribution in [2.45, 2.75) is 38.3 Å². The van der Waals surface area contributed by atoms with Gasteiger partial charge >= 0.3 is 6.03 Å². The molecule has 2 aliphatic heterocycles. The number of nitrogens with zero attached hydrogens (tertiary/aromatic N) is 3.